The molecule has 0 aliphatic carbocycles. The predicted octanol–water partition coefficient (Wildman–Crippen LogP) is 2.43. The quantitative estimate of drug-likeness (QED) is 0.488. The van der Waals surface area contributed by atoms with Crippen LogP contribution in [-0.2, 0) is 14.0 Å². The molecule has 0 aromatic carbocycles. The summed E-state index contributed by atoms with van der Waals surface area (Å²) in [5.41, 5.74) is 5.53. The van der Waals surface area contributed by atoms with Gasteiger partial charge in [0, 0.05) is 6.20 Å². The van der Waals surface area contributed by atoms with E-state index in [1.165, 1.54) is 12.3 Å². The normalized spacial score (nSPS) is 22.2. The number of ether oxygens (including phenoxy) is 1. The molecule has 1 fully saturated rings. The molecule has 6 heteroatoms. The van der Waals surface area contributed by atoms with Crippen molar-refractivity contribution in [3.8, 4) is 0 Å². The van der Waals surface area contributed by atoms with Crippen LogP contribution in [0.1, 0.15) is 41.5 Å². The topological polar surface area (TPSA) is 66.1 Å². The molecular formula is C14H25BN2O3. The third-order valence-electron chi connectivity index (χ3n) is 3.40. The average molecular weight is 280 g/mol. The molecule has 1 saturated heterocycles. The van der Waals surface area contributed by atoms with Crippen molar-refractivity contribution in [1.82, 2.24) is 0 Å². The highest BCUT2D eigenvalue weighted by atomic mass is 16.7. The SMILES string of the molecule is C=CC(=N/C=C(\N)B1OC(C)(C)C(C)(C)O1)OC(C)C. The van der Waals surface area contributed by atoms with Crippen LogP contribution in [0.5, 0.6) is 0 Å². The number of aliphatic imine (C=N–C) groups is 1. The summed E-state index contributed by atoms with van der Waals surface area (Å²) in [7, 11) is -0.603. The van der Waals surface area contributed by atoms with Crippen LogP contribution in [0.4, 0.5) is 0 Å². The molecule has 0 amide bonds. The first-order valence-electron chi connectivity index (χ1n) is 6.77. The highest BCUT2D eigenvalue weighted by Crippen LogP contribution is 2.37. The van der Waals surface area contributed by atoms with Crippen molar-refractivity contribution in [2.24, 2.45) is 10.7 Å². The summed E-state index contributed by atoms with van der Waals surface area (Å²) in [5.74, 6) is 0.416. The summed E-state index contributed by atoms with van der Waals surface area (Å²) in [5, 5.41) is 0. The Hall–Kier alpha value is -1.27. The zero-order valence-electron chi connectivity index (χ0n) is 13.3. The Morgan fingerprint density at radius 3 is 2.15 bits per heavy atom. The highest BCUT2D eigenvalue weighted by Gasteiger charge is 2.52. The minimum Gasteiger partial charge on any atom is -0.475 e. The van der Waals surface area contributed by atoms with E-state index in [0.717, 1.165) is 0 Å². The van der Waals surface area contributed by atoms with Gasteiger partial charge in [-0.25, -0.2) is 4.99 Å². The molecule has 1 aliphatic heterocycles. The van der Waals surface area contributed by atoms with Gasteiger partial charge in [-0.05, 0) is 47.6 Å². The molecule has 0 bridgehead atoms. The molecular weight excluding hydrogens is 255 g/mol. The standard InChI is InChI=1S/C14H25BN2O3/c1-8-12(18-10(2)3)17-9-11(16)15-19-13(4,5)14(6,7)20-15/h8-10H,1,16H2,2-7H3/b11-9-,17-12?. The molecule has 112 valence electrons. The highest BCUT2D eigenvalue weighted by molar-refractivity contribution is 6.54. The van der Waals surface area contributed by atoms with Crippen LogP contribution < -0.4 is 5.73 Å². The van der Waals surface area contributed by atoms with E-state index in [9.17, 15) is 0 Å². The average Bonchev–Trinajstić information content (AvgIpc) is 2.53. The summed E-state index contributed by atoms with van der Waals surface area (Å²) < 4.78 is 17.1. The van der Waals surface area contributed by atoms with Gasteiger partial charge in [0.25, 0.3) is 0 Å². The molecule has 0 atom stereocenters. The minimum absolute atomic E-state index is 0.0261. The van der Waals surface area contributed by atoms with E-state index in [0.29, 0.717) is 11.5 Å². The smallest absolute Gasteiger partial charge is 0.475 e. The second-order valence-corrected chi connectivity index (χ2v) is 6.06. The first kappa shape index (κ1) is 16.8. The molecule has 0 aromatic rings. The maximum atomic E-state index is 5.97. The molecule has 0 saturated carbocycles. The second-order valence-electron chi connectivity index (χ2n) is 6.06. The number of hydrogen-bond acceptors (Lipinski definition) is 5. The molecule has 1 heterocycles. The van der Waals surface area contributed by atoms with Gasteiger partial charge in [0.15, 0.2) is 0 Å². The van der Waals surface area contributed by atoms with Crippen LogP contribution in [0.3, 0.4) is 0 Å². The largest absolute Gasteiger partial charge is 0.513 e. The van der Waals surface area contributed by atoms with Crippen molar-refractivity contribution in [3.05, 3.63) is 24.5 Å². The lowest BCUT2D eigenvalue weighted by Crippen LogP contribution is -2.41. The van der Waals surface area contributed by atoms with Gasteiger partial charge in [0.2, 0.25) is 5.90 Å². The fourth-order valence-corrected chi connectivity index (χ4v) is 1.55. The minimum atomic E-state index is -0.603. The Morgan fingerprint density at radius 1 is 1.25 bits per heavy atom. The maximum Gasteiger partial charge on any atom is 0.513 e. The zero-order chi connectivity index (χ0) is 15.6. The van der Waals surface area contributed by atoms with Crippen molar-refractivity contribution in [3.63, 3.8) is 0 Å². The lowest BCUT2D eigenvalue weighted by Gasteiger charge is -2.32. The zero-order valence-corrected chi connectivity index (χ0v) is 13.3. The fraction of sp³-hybridized carbons (Fsp3) is 0.643. The first-order valence-corrected chi connectivity index (χ1v) is 6.77. The van der Waals surface area contributed by atoms with Crippen LogP contribution in [-0.4, -0.2) is 30.3 Å². The Kier molecular flexibility index (Phi) is 5.05. The van der Waals surface area contributed by atoms with Crippen molar-refractivity contribution >= 4 is 13.0 Å². The van der Waals surface area contributed by atoms with E-state index in [-0.39, 0.29) is 6.10 Å². The monoisotopic (exact) mass is 280 g/mol. The Bertz CT molecular complexity index is 412. The van der Waals surface area contributed by atoms with Crippen molar-refractivity contribution in [2.75, 3.05) is 0 Å². The molecule has 1 aliphatic rings. The molecule has 0 aromatic heterocycles. The van der Waals surface area contributed by atoms with Crippen molar-refractivity contribution < 1.29 is 14.0 Å². The summed E-state index contributed by atoms with van der Waals surface area (Å²) in [4.78, 5) is 4.15. The number of hydrogen-bond donors (Lipinski definition) is 1. The Labute approximate surface area is 122 Å². The first-order chi connectivity index (χ1) is 9.09. The molecule has 5 nitrogen and oxygen atoms in total. The molecule has 0 radical (unpaired) electrons. The maximum absolute atomic E-state index is 5.97. The molecule has 20 heavy (non-hydrogen) atoms. The van der Waals surface area contributed by atoms with Crippen LogP contribution in [0.15, 0.2) is 29.4 Å². The van der Waals surface area contributed by atoms with Crippen molar-refractivity contribution in [1.29, 1.82) is 0 Å². The third kappa shape index (κ3) is 3.87. The second kappa shape index (κ2) is 6.02. The summed E-state index contributed by atoms with van der Waals surface area (Å²) >= 11 is 0. The van der Waals surface area contributed by atoms with Gasteiger partial charge in [0.1, 0.15) is 0 Å². The van der Waals surface area contributed by atoms with Crippen LogP contribution in [0.2, 0.25) is 0 Å². The van der Waals surface area contributed by atoms with Crippen molar-refractivity contribution in [2.45, 2.75) is 58.8 Å². The number of nitrogens with zero attached hydrogens (tertiary/aromatic N) is 1. The van der Waals surface area contributed by atoms with Gasteiger partial charge in [-0.2, -0.15) is 0 Å². The van der Waals surface area contributed by atoms with Gasteiger partial charge < -0.3 is 19.8 Å². The van der Waals surface area contributed by atoms with Gasteiger partial charge >= 0.3 is 7.12 Å². The van der Waals surface area contributed by atoms with Gasteiger partial charge in [0.05, 0.1) is 22.9 Å². The summed E-state index contributed by atoms with van der Waals surface area (Å²) in [6.45, 7) is 15.4. The molecule has 0 spiro atoms. The van der Waals surface area contributed by atoms with Gasteiger partial charge in [-0.3, -0.25) is 0 Å². The van der Waals surface area contributed by atoms with Crippen LogP contribution in [0.25, 0.3) is 0 Å². The lowest BCUT2D eigenvalue weighted by molar-refractivity contribution is 0.00578. The van der Waals surface area contributed by atoms with Gasteiger partial charge in [-0.15, -0.1) is 0 Å². The van der Waals surface area contributed by atoms with E-state index in [1.807, 2.05) is 41.5 Å². The molecule has 1 rings (SSSR count). The van der Waals surface area contributed by atoms with E-state index in [2.05, 4.69) is 11.6 Å². The number of nitrogens with two attached hydrogens (primary N) is 1. The van der Waals surface area contributed by atoms with Gasteiger partial charge in [-0.1, -0.05) is 6.58 Å². The van der Waals surface area contributed by atoms with E-state index in [4.69, 9.17) is 19.8 Å². The van der Waals surface area contributed by atoms with Crippen LogP contribution in [0, 0.1) is 0 Å². The summed E-state index contributed by atoms with van der Waals surface area (Å²) in [6.07, 6.45) is 3.05. The number of rotatable bonds is 4. The molecule has 2 N–H and O–H groups in total. The Morgan fingerprint density at radius 2 is 1.75 bits per heavy atom. The summed E-state index contributed by atoms with van der Waals surface area (Å²) in [6, 6.07) is 0. The third-order valence-corrected chi connectivity index (χ3v) is 3.40. The van der Waals surface area contributed by atoms with E-state index < -0.39 is 18.3 Å². The molecule has 0 unspecified atom stereocenters. The predicted molar refractivity (Wildman–Crippen MR) is 82.2 cm³/mol. The van der Waals surface area contributed by atoms with E-state index >= 15 is 0 Å². The fourth-order valence-electron chi connectivity index (χ4n) is 1.55. The Balaban J connectivity index is 2.81. The van der Waals surface area contributed by atoms with Crippen LogP contribution >= 0.6 is 0 Å². The van der Waals surface area contributed by atoms with E-state index in [1.54, 1.807) is 0 Å². The lowest BCUT2D eigenvalue weighted by atomic mass is 9.86.